The molecule has 1 aromatic carbocycles. The minimum atomic E-state index is -1.79. The second-order valence-corrected chi connectivity index (χ2v) is 22.7. The molecule has 3 heterocycles. The van der Waals surface area contributed by atoms with Crippen molar-refractivity contribution in [1.29, 1.82) is 0 Å². The van der Waals surface area contributed by atoms with Crippen LogP contribution in [-0.2, 0) is 117 Å². The Morgan fingerprint density at radius 3 is 1.52 bits per heavy atom. The third-order valence-corrected chi connectivity index (χ3v) is 11.9. The van der Waals surface area contributed by atoms with Gasteiger partial charge < -0.3 is 53.2 Å². The minimum Gasteiger partial charge on any atom is -0.469 e. The van der Waals surface area contributed by atoms with E-state index in [1.165, 1.54) is 21.3 Å². The van der Waals surface area contributed by atoms with E-state index in [-0.39, 0.29) is 121 Å². The van der Waals surface area contributed by atoms with E-state index in [0.717, 1.165) is 21.3 Å². The van der Waals surface area contributed by atoms with Gasteiger partial charge in [0.25, 0.3) is 0 Å². The lowest BCUT2D eigenvalue weighted by atomic mass is 9.77. The van der Waals surface area contributed by atoms with Crippen LogP contribution >= 0.6 is 47.8 Å². The van der Waals surface area contributed by atoms with Crippen molar-refractivity contribution >= 4 is 101 Å². The van der Waals surface area contributed by atoms with Crippen molar-refractivity contribution in [2.45, 2.75) is 84.9 Å². The first kappa shape index (κ1) is 55.8. The first-order chi connectivity index (χ1) is 32.7. The molecule has 1 atom stereocenters. The molecule has 3 N–H and O–H groups in total. The van der Waals surface area contributed by atoms with Crippen LogP contribution in [0.15, 0.2) is 41.5 Å². The highest BCUT2D eigenvalue weighted by molar-refractivity contribution is 9.39. The number of ether oxygens (including phenoxy) is 8. The molecular weight excluding hydrogens is 1110 g/mol. The Hall–Kier alpha value is -5.81. The van der Waals surface area contributed by atoms with Crippen LogP contribution in [0.2, 0.25) is 0 Å². The summed E-state index contributed by atoms with van der Waals surface area (Å²) in [4.78, 5) is 126. The van der Waals surface area contributed by atoms with Crippen molar-refractivity contribution in [1.82, 2.24) is 15.3 Å². The highest BCUT2D eigenvalue weighted by Crippen LogP contribution is 2.41. The number of H-pyrrole nitrogens is 2. The first-order valence-electron chi connectivity index (χ1n) is 21.1. The Kier molecular flexibility index (Phi) is 20.8. The van der Waals surface area contributed by atoms with Crippen LogP contribution in [0.25, 0.3) is 0 Å². The monoisotopic (exact) mass is 1160 g/mol. The smallest absolute Gasteiger partial charge is 0.355 e. The summed E-state index contributed by atoms with van der Waals surface area (Å²) in [6.45, 7) is -0.441. The fraction of sp³-hybridized carbons (Fsp3) is 0.457. The van der Waals surface area contributed by atoms with Gasteiger partial charge in [-0.15, -0.1) is 0 Å². The largest absolute Gasteiger partial charge is 0.469 e. The average Bonchev–Trinajstić information content (AvgIpc) is 3.93. The van der Waals surface area contributed by atoms with Crippen LogP contribution in [0, 0.1) is 0 Å². The number of hydrogen-bond donors (Lipinski definition) is 3. The van der Waals surface area contributed by atoms with Crippen molar-refractivity contribution in [3.05, 3.63) is 92.1 Å². The number of hydrogen-bond acceptors (Lipinski definition) is 17. The summed E-state index contributed by atoms with van der Waals surface area (Å²) in [6.07, 6.45) is -3.56. The van der Waals surface area contributed by atoms with E-state index in [1.54, 1.807) is 30.3 Å². The van der Waals surface area contributed by atoms with E-state index in [2.05, 4.69) is 63.1 Å². The molecule has 2 aromatic heterocycles. The highest BCUT2D eigenvalue weighted by Gasteiger charge is 2.48. The number of carbonyl (C=O) groups excluding carboxylic acids is 9. The molecule has 0 bridgehead atoms. The molecular formula is C46H52Br3N3O17. The van der Waals surface area contributed by atoms with Crippen LogP contribution in [0.3, 0.4) is 0 Å². The number of methoxy groups -OCH3 is 6. The molecule has 69 heavy (non-hydrogen) atoms. The third-order valence-electron chi connectivity index (χ3n) is 11.2. The maximum Gasteiger partial charge on any atom is 0.355 e. The number of carbonyl (C=O) groups is 9. The molecule has 0 aliphatic carbocycles. The van der Waals surface area contributed by atoms with E-state index >= 15 is 0 Å². The van der Waals surface area contributed by atoms with Gasteiger partial charge in [-0.2, -0.15) is 0 Å². The lowest BCUT2D eigenvalue weighted by molar-refractivity contribution is -0.141. The zero-order valence-corrected chi connectivity index (χ0v) is 43.4. The molecule has 0 spiro atoms. The number of halogens is 3. The summed E-state index contributed by atoms with van der Waals surface area (Å²) >= 11 is 9.88. The van der Waals surface area contributed by atoms with Crippen LogP contribution in [0.5, 0.6) is 0 Å². The summed E-state index contributed by atoms with van der Waals surface area (Å²) in [5.74, 6) is -6.80. The lowest BCUT2D eigenvalue weighted by Gasteiger charge is -2.33. The normalized spacial score (nSPS) is 14.4. The Labute approximate surface area is 421 Å². The van der Waals surface area contributed by atoms with Crippen LogP contribution in [0.4, 0.5) is 0 Å². The van der Waals surface area contributed by atoms with Crippen molar-refractivity contribution in [3.8, 4) is 0 Å². The molecule has 1 aliphatic heterocycles. The van der Waals surface area contributed by atoms with E-state index in [0.29, 0.717) is 5.56 Å². The van der Waals surface area contributed by atoms with Gasteiger partial charge in [-0.25, -0.2) is 9.59 Å². The quantitative estimate of drug-likeness (QED) is 0.0617. The molecule has 3 aromatic rings. The van der Waals surface area contributed by atoms with Gasteiger partial charge >= 0.3 is 47.8 Å². The molecule has 374 valence electrons. The predicted molar refractivity (Wildman–Crippen MR) is 252 cm³/mol. The number of rotatable bonds is 24. The van der Waals surface area contributed by atoms with Crippen molar-refractivity contribution in [3.63, 3.8) is 0 Å². The third kappa shape index (κ3) is 15.3. The molecule has 4 rings (SSSR count). The Morgan fingerprint density at radius 2 is 1.00 bits per heavy atom. The van der Waals surface area contributed by atoms with Gasteiger partial charge in [-0.3, -0.25) is 33.6 Å². The zero-order chi connectivity index (χ0) is 51.1. The lowest BCUT2D eigenvalue weighted by Crippen LogP contribution is -2.49. The van der Waals surface area contributed by atoms with Crippen LogP contribution < -0.4 is 5.32 Å². The molecule has 23 heteroatoms. The first-order valence-corrected chi connectivity index (χ1v) is 23.5. The Morgan fingerprint density at radius 1 is 0.551 bits per heavy atom. The number of aromatic nitrogens is 2. The Bertz CT molecular complexity index is 2460. The van der Waals surface area contributed by atoms with Gasteiger partial charge in [0.05, 0.1) is 67.5 Å². The SMILES string of the molecule is COC(=O)CCC1=C(CC(=O)OC)[C@@](Cc2[nH]c(C(=O)OCC(Br)(Br)Br)c(CCC(=O)OC)c2CC(=O)OC)(Cc2[nH]c(C(=O)OCc3ccccc3)c(CC(=O)OC)c2CCC(=O)OC)NC1=O. The topological polar surface area (TPSA) is 271 Å². The molecule has 1 amide bonds. The molecule has 0 unspecified atom stereocenters. The second-order valence-electron chi connectivity index (χ2n) is 15.5. The molecule has 0 radical (unpaired) electrons. The standard InChI is InChI=1S/C46H52Br3N3O17/c1-62-34(53)15-12-26-30(19-38(57)66-5)41(43(60)68-23-25-10-8-7-9-11-25)50-32(26)21-45(31(20-39(58)67-6)28(42(59)52-45)14-17-36(55)64-3)22-33-29(18-37(56)65-4)27(13-16-35(54)63-2)40(51-33)44(61)69-24-46(47,48)49/h7-11,50-51H,12-24H2,1-6H3,(H,52,59)/t45-/m0/s1. The fourth-order valence-corrected chi connectivity index (χ4v) is 8.20. The number of aromatic amines is 2. The molecule has 0 saturated carbocycles. The van der Waals surface area contributed by atoms with Gasteiger partial charge in [-0.1, -0.05) is 78.1 Å². The maximum atomic E-state index is 14.5. The minimum absolute atomic E-state index is 0.000620. The van der Waals surface area contributed by atoms with Crippen molar-refractivity contribution < 1.29 is 81.0 Å². The van der Waals surface area contributed by atoms with E-state index in [4.69, 9.17) is 37.9 Å². The van der Waals surface area contributed by atoms with Gasteiger partial charge in [0, 0.05) is 49.1 Å². The van der Waals surface area contributed by atoms with E-state index in [9.17, 15) is 43.2 Å². The zero-order valence-electron chi connectivity index (χ0n) is 38.7. The van der Waals surface area contributed by atoms with Gasteiger partial charge in [-0.05, 0) is 52.7 Å². The van der Waals surface area contributed by atoms with Gasteiger partial charge in [0.15, 0.2) is 2.14 Å². The van der Waals surface area contributed by atoms with Crippen molar-refractivity contribution in [2.75, 3.05) is 49.3 Å². The van der Waals surface area contributed by atoms with Crippen LogP contribution in [-0.4, -0.2) is 121 Å². The van der Waals surface area contributed by atoms with E-state index < -0.39 is 80.6 Å². The maximum absolute atomic E-state index is 14.5. The van der Waals surface area contributed by atoms with Crippen LogP contribution in [0.1, 0.15) is 92.3 Å². The summed E-state index contributed by atoms with van der Waals surface area (Å²) in [7, 11) is 6.98. The second kappa shape index (κ2) is 25.7. The predicted octanol–water partition coefficient (Wildman–Crippen LogP) is 4.80. The molecule has 0 saturated heterocycles. The molecule has 20 nitrogen and oxygen atoms in total. The number of alkyl halides is 3. The number of benzene rings is 1. The summed E-state index contributed by atoms with van der Waals surface area (Å²) in [5, 5.41) is 3.02. The fourth-order valence-electron chi connectivity index (χ4n) is 7.86. The molecule has 0 fully saturated rings. The Balaban J connectivity index is 2.11. The molecule has 1 aliphatic rings. The summed E-state index contributed by atoms with van der Waals surface area (Å²) in [6, 6.07) is 8.78. The number of nitrogens with one attached hydrogen (secondary N) is 3. The summed E-state index contributed by atoms with van der Waals surface area (Å²) in [5.41, 5.74) is -0.368. The highest BCUT2D eigenvalue weighted by atomic mass is 80.0. The number of esters is 8. The van der Waals surface area contributed by atoms with Gasteiger partial charge in [0.1, 0.15) is 24.6 Å². The average molecular weight is 1160 g/mol. The van der Waals surface area contributed by atoms with Crippen molar-refractivity contribution in [2.24, 2.45) is 0 Å². The summed E-state index contributed by atoms with van der Waals surface area (Å²) < 4.78 is 40.2. The number of amides is 1. The van der Waals surface area contributed by atoms with E-state index in [1.807, 2.05) is 0 Å². The van der Waals surface area contributed by atoms with Gasteiger partial charge in [0.2, 0.25) is 5.91 Å².